The Balaban J connectivity index is 1.70. The molecule has 1 heterocycles. The quantitative estimate of drug-likeness (QED) is 0.388. The molecule has 1 aromatic heterocycles. The van der Waals surface area contributed by atoms with E-state index in [0.717, 1.165) is 55.6 Å². The summed E-state index contributed by atoms with van der Waals surface area (Å²) in [5, 5.41) is 6.62. The molecular formula is C20H29N3O3. The van der Waals surface area contributed by atoms with E-state index in [-0.39, 0.29) is 0 Å². The Kier molecular flexibility index (Phi) is 8.39. The van der Waals surface area contributed by atoms with Crippen molar-refractivity contribution in [2.45, 2.75) is 26.2 Å². The van der Waals surface area contributed by atoms with Crippen LogP contribution in [0.3, 0.4) is 0 Å². The van der Waals surface area contributed by atoms with Crippen LogP contribution in [0.2, 0.25) is 0 Å². The molecule has 26 heavy (non-hydrogen) atoms. The average Bonchev–Trinajstić information content (AvgIpc) is 3.17. The maximum absolute atomic E-state index is 5.63. The summed E-state index contributed by atoms with van der Waals surface area (Å²) in [6.45, 7) is 4.22. The predicted molar refractivity (Wildman–Crippen MR) is 104 cm³/mol. The molecule has 0 spiro atoms. The minimum Gasteiger partial charge on any atom is -0.493 e. The highest BCUT2D eigenvalue weighted by Crippen LogP contribution is 2.28. The van der Waals surface area contributed by atoms with E-state index in [2.05, 4.69) is 27.8 Å². The molecule has 0 radical (unpaired) electrons. The van der Waals surface area contributed by atoms with Gasteiger partial charge in [-0.05, 0) is 49.6 Å². The number of benzene rings is 1. The molecule has 0 aliphatic carbocycles. The molecular weight excluding hydrogens is 330 g/mol. The predicted octanol–water partition coefficient (Wildman–Crippen LogP) is 3.03. The first-order valence-electron chi connectivity index (χ1n) is 9.03. The molecule has 2 N–H and O–H groups in total. The Morgan fingerprint density at radius 2 is 1.96 bits per heavy atom. The van der Waals surface area contributed by atoms with Crippen LogP contribution in [0.4, 0.5) is 0 Å². The Labute approximate surface area is 155 Å². The molecule has 1 aromatic carbocycles. The van der Waals surface area contributed by atoms with Crippen LogP contribution >= 0.6 is 0 Å². The summed E-state index contributed by atoms with van der Waals surface area (Å²) in [6, 6.07) is 9.97. The number of furan rings is 1. The van der Waals surface area contributed by atoms with Crippen LogP contribution in [0.25, 0.3) is 0 Å². The monoisotopic (exact) mass is 359 g/mol. The van der Waals surface area contributed by atoms with Crippen molar-refractivity contribution in [3.8, 4) is 11.5 Å². The number of nitrogens with zero attached hydrogens (tertiary/aromatic N) is 1. The van der Waals surface area contributed by atoms with Gasteiger partial charge in [0.2, 0.25) is 0 Å². The van der Waals surface area contributed by atoms with Crippen molar-refractivity contribution < 1.29 is 13.9 Å². The molecule has 0 aliphatic heterocycles. The highest BCUT2D eigenvalue weighted by Gasteiger charge is 2.05. The number of rotatable bonds is 10. The molecule has 0 aliphatic rings. The fourth-order valence-electron chi connectivity index (χ4n) is 2.62. The first kappa shape index (κ1) is 19.7. The summed E-state index contributed by atoms with van der Waals surface area (Å²) < 4.78 is 16.3. The third kappa shape index (κ3) is 6.35. The third-order valence-corrected chi connectivity index (χ3v) is 3.93. The van der Waals surface area contributed by atoms with Crippen LogP contribution in [-0.2, 0) is 12.8 Å². The molecule has 142 valence electrons. The second kappa shape index (κ2) is 11.1. The topological polar surface area (TPSA) is 68.0 Å². The fraction of sp³-hybridized carbons (Fsp3) is 0.450. The van der Waals surface area contributed by atoms with E-state index in [4.69, 9.17) is 13.9 Å². The van der Waals surface area contributed by atoms with Crippen LogP contribution in [0.5, 0.6) is 11.5 Å². The summed E-state index contributed by atoms with van der Waals surface area (Å²) in [7, 11) is 3.44. The second-order valence-electron chi connectivity index (χ2n) is 5.78. The van der Waals surface area contributed by atoms with Gasteiger partial charge in [0.05, 0.1) is 20.0 Å². The fourth-order valence-corrected chi connectivity index (χ4v) is 2.62. The summed E-state index contributed by atoms with van der Waals surface area (Å²) in [4.78, 5) is 4.24. The largest absolute Gasteiger partial charge is 0.493 e. The summed E-state index contributed by atoms with van der Waals surface area (Å²) in [5.74, 6) is 3.35. The highest BCUT2D eigenvalue weighted by molar-refractivity contribution is 5.79. The number of aryl methyl sites for hydroxylation is 1. The Bertz CT molecular complexity index is 669. The summed E-state index contributed by atoms with van der Waals surface area (Å²) >= 11 is 0. The zero-order chi connectivity index (χ0) is 18.6. The van der Waals surface area contributed by atoms with Gasteiger partial charge in [0.15, 0.2) is 17.5 Å². The molecule has 0 amide bonds. The number of aliphatic imine (C=N–C) groups is 1. The minimum atomic E-state index is 0.626. The SMILES string of the molecule is CCOc1cc(CCCNC(=NC)NCCc2ccco2)ccc1OC. The summed E-state index contributed by atoms with van der Waals surface area (Å²) in [6.07, 6.45) is 4.48. The van der Waals surface area contributed by atoms with Crippen molar-refractivity contribution >= 4 is 5.96 Å². The van der Waals surface area contributed by atoms with Gasteiger partial charge in [-0.2, -0.15) is 0 Å². The van der Waals surface area contributed by atoms with Crippen LogP contribution in [0.15, 0.2) is 46.0 Å². The van der Waals surface area contributed by atoms with Gasteiger partial charge in [-0.1, -0.05) is 6.07 Å². The lowest BCUT2D eigenvalue weighted by Gasteiger charge is -2.13. The third-order valence-electron chi connectivity index (χ3n) is 3.93. The van der Waals surface area contributed by atoms with E-state index in [1.54, 1.807) is 20.4 Å². The molecule has 0 atom stereocenters. The number of hydrogen-bond donors (Lipinski definition) is 2. The van der Waals surface area contributed by atoms with E-state index in [1.807, 2.05) is 25.1 Å². The first-order chi connectivity index (χ1) is 12.8. The van der Waals surface area contributed by atoms with E-state index >= 15 is 0 Å². The molecule has 0 fully saturated rings. The molecule has 0 bridgehead atoms. The van der Waals surface area contributed by atoms with Gasteiger partial charge < -0.3 is 24.5 Å². The molecule has 6 heteroatoms. The number of guanidine groups is 1. The van der Waals surface area contributed by atoms with Crippen molar-refractivity contribution in [3.05, 3.63) is 47.9 Å². The lowest BCUT2D eigenvalue weighted by atomic mass is 10.1. The van der Waals surface area contributed by atoms with Gasteiger partial charge in [0.25, 0.3) is 0 Å². The number of ether oxygens (including phenoxy) is 2. The van der Waals surface area contributed by atoms with E-state index in [1.165, 1.54) is 5.56 Å². The zero-order valence-corrected chi connectivity index (χ0v) is 15.9. The molecule has 0 saturated heterocycles. The Morgan fingerprint density at radius 3 is 2.65 bits per heavy atom. The number of hydrogen-bond acceptors (Lipinski definition) is 4. The average molecular weight is 359 g/mol. The smallest absolute Gasteiger partial charge is 0.190 e. The van der Waals surface area contributed by atoms with Gasteiger partial charge >= 0.3 is 0 Å². The molecule has 2 aromatic rings. The van der Waals surface area contributed by atoms with Crippen LogP contribution in [0.1, 0.15) is 24.7 Å². The van der Waals surface area contributed by atoms with Crippen LogP contribution in [0, 0.1) is 0 Å². The van der Waals surface area contributed by atoms with Crippen LogP contribution < -0.4 is 20.1 Å². The molecule has 6 nitrogen and oxygen atoms in total. The van der Waals surface area contributed by atoms with Crippen molar-refractivity contribution in [3.63, 3.8) is 0 Å². The standard InChI is InChI=1S/C20H29N3O3/c1-4-25-19-15-16(9-10-18(19)24-3)7-5-12-22-20(21-2)23-13-11-17-8-6-14-26-17/h6,8-10,14-15H,4-5,7,11-13H2,1-3H3,(H2,21,22,23). The molecule has 0 unspecified atom stereocenters. The molecule has 0 saturated carbocycles. The first-order valence-corrected chi connectivity index (χ1v) is 9.03. The lowest BCUT2D eigenvalue weighted by Crippen LogP contribution is -2.38. The van der Waals surface area contributed by atoms with Crippen LogP contribution in [-0.4, -0.2) is 39.8 Å². The van der Waals surface area contributed by atoms with Gasteiger partial charge in [-0.3, -0.25) is 4.99 Å². The van der Waals surface area contributed by atoms with Gasteiger partial charge in [-0.15, -0.1) is 0 Å². The van der Waals surface area contributed by atoms with E-state index < -0.39 is 0 Å². The highest BCUT2D eigenvalue weighted by atomic mass is 16.5. The normalized spacial score (nSPS) is 11.3. The second-order valence-corrected chi connectivity index (χ2v) is 5.78. The number of methoxy groups -OCH3 is 1. The van der Waals surface area contributed by atoms with Gasteiger partial charge in [-0.25, -0.2) is 0 Å². The zero-order valence-electron chi connectivity index (χ0n) is 15.9. The number of nitrogens with one attached hydrogen (secondary N) is 2. The van der Waals surface area contributed by atoms with E-state index in [0.29, 0.717) is 6.61 Å². The van der Waals surface area contributed by atoms with Crippen molar-refractivity contribution in [2.75, 3.05) is 33.9 Å². The van der Waals surface area contributed by atoms with Crippen molar-refractivity contribution in [1.82, 2.24) is 10.6 Å². The lowest BCUT2D eigenvalue weighted by molar-refractivity contribution is 0.310. The maximum atomic E-state index is 5.63. The molecule has 2 rings (SSSR count). The Morgan fingerprint density at radius 1 is 1.12 bits per heavy atom. The van der Waals surface area contributed by atoms with Crippen molar-refractivity contribution in [1.29, 1.82) is 0 Å². The van der Waals surface area contributed by atoms with Gasteiger partial charge in [0.1, 0.15) is 5.76 Å². The maximum Gasteiger partial charge on any atom is 0.190 e. The van der Waals surface area contributed by atoms with E-state index in [9.17, 15) is 0 Å². The Hall–Kier alpha value is -2.63. The van der Waals surface area contributed by atoms with Crippen molar-refractivity contribution in [2.24, 2.45) is 4.99 Å². The minimum absolute atomic E-state index is 0.626. The van der Waals surface area contributed by atoms with Gasteiger partial charge in [0, 0.05) is 26.6 Å². The summed E-state index contributed by atoms with van der Waals surface area (Å²) in [5.41, 5.74) is 1.23.